The van der Waals surface area contributed by atoms with Gasteiger partial charge < -0.3 is 14.1 Å². The lowest BCUT2D eigenvalue weighted by atomic mass is 10.0. The van der Waals surface area contributed by atoms with Gasteiger partial charge in [-0.15, -0.1) is 0 Å². The normalized spacial score (nSPS) is 11.3. The number of aromatic nitrogens is 3. The first-order valence-corrected chi connectivity index (χ1v) is 7.86. The average molecular weight is 340 g/mol. The molecule has 1 N–H and O–H groups in total. The fraction of sp³-hybridized carbons (Fsp3) is 0.111. The molecule has 3 heterocycles. The zero-order chi connectivity index (χ0) is 16.8. The average Bonchev–Trinajstić information content (AvgIpc) is 3.18. The number of hydrogen-bond donors (Lipinski definition) is 1. The van der Waals surface area contributed by atoms with Crippen molar-refractivity contribution in [3.05, 3.63) is 69.6 Å². The van der Waals surface area contributed by atoms with Crippen LogP contribution in [0.5, 0.6) is 0 Å². The van der Waals surface area contributed by atoms with E-state index in [4.69, 9.17) is 16.1 Å². The van der Waals surface area contributed by atoms with Gasteiger partial charge in [0.2, 0.25) is 0 Å². The summed E-state index contributed by atoms with van der Waals surface area (Å²) in [6.07, 6.45) is 3.80. The number of halogens is 1. The molecule has 4 aromatic rings. The highest BCUT2D eigenvalue weighted by Gasteiger charge is 2.22. The third-order valence-corrected chi connectivity index (χ3v) is 4.33. The van der Waals surface area contributed by atoms with Crippen molar-refractivity contribution in [2.75, 3.05) is 0 Å². The van der Waals surface area contributed by atoms with E-state index in [2.05, 4.69) is 10.1 Å². The quantitative estimate of drug-likeness (QED) is 0.594. The van der Waals surface area contributed by atoms with Crippen molar-refractivity contribution in [2.24, 2.45) is 0 Å². The lowest BCUT2D eigenvalue weighted by Crippen LogP contribution is -2.14. The molecule has 3 aromatic heterocycles. The molecule has 120 valence electrons. The minimum absolute atomic E-state index is 0.192. The number of aryl methyl sites for hydroxylation is 2. The summed E-state index contributed by atoms with van der Waals surface area (Å²) in [7, 11) is 0. The van der Waals surface area contributed by atoms with Gasteiger partial charge in [0.25, 0.3) is 5.56 Å². The van der Waals surface area contributed by atoms with E-state index in [1.54, 1.807) is 13.0 Å². The van der Waals surface area contributed by atoms with Gasteiger partial charge in [0.15, 0.2) is 0 Å². The van der Waals surface area contributed by atoms with E-state index in [-0.39, 0.29) is 5.56 Å². The maximum absolute atomic E-state index is 12.9. The number of hydrogen-bond acceptors (Lipinski definition) is 3. The molecule has 6 heteroatoms. The van der Waals surface area contributed by atoms with Gasteiger partial charge in [0, 0.05) is 22.8 Å². The maximum atomic E-state index is 12.9. The van der Waals surface area contributed by atoms with E-state index in [0.717, 1.165) is 16.6 Å². The van der Waals surface area contributed by atoms with Gasteiger partial charge >= 0.3 is 0 Å². The Morgan fingerprint density at radius 2 is 1.92 bits per heavy atom. The van der Waals surface area contributed by atoms with Crippen LogP contribution in [0.1, 0.15) is 11.5 Å². The Balaban J connectivity index is 2.23. The SMILES string of the molecule is Cc1noc(C)c1-c1c(-n2cccc2)c2cc(Cl)ccc2[nH]c1=O. The van der Waals surface area contributed by atoms with Crippen molar-refractivity contribution in [3.8, 4) is 16.8 Å². The maximum Gasteiger partial charge on any atom is 0.258 e. The second-order valence-corrected chi connectivity index (χ2v) is 6.09. The predicted molar refractivity (Wildman–Crippen MR) is 93.9 cm³/mol. The van der Waals surface area contributed by atoms with E-state index in [0.29, 0.717) is 27.6 Å². The standard InChI is InChI=1S/C18H14ClN3O2/c1-10-15(11(2)24-21-10)16-17(22-7-3-4-8-22)13-9-12(19)5-6-14(13)20-18(16)23/h3-9H,1-2H3,(H,20,23). The Morgan fingerprint density at radius 3 is 2.58 bits per heavy atom. The summed E-state index contributed by atoms with van der Waals surface area (Å²) in [5.74, 6) is 0.604. The van der Waals surface area contributed by atoms with E-state index < -0.39 is 0 Å². The molecule has 0 fully saturated rings. The zero-order valence-corrected chi connectivity index (χ0v) is 13.9. The van der Waals surface area contributed by atoms with Crippen molar-refractivity contribution in [2.45, 2.75) is 13.8 Å². The van der Waals surface area contributed by atoms with Crippen LogP contribution in [0.4, 0.5) is 0 Å². The fourth-order valence-corrected chi connectivity index (χ4v) is 3.24. The van der Waals surface area contributed by atoms with Gasteiger partial charge in [-0.05, 0) is 44.2 Å². The van der Waals surface area contributed by atoms with E-state index >= 15 is 0 Å². The van der Waals surface area contributed by atoms with Crippen LogP contribution >= 0.6 is 11.6 Å². The number of fused-ring (bicyclic) bond motifs is 1. The second kappa shape index (κ2) is 5.39. The molecule has 0 bridgehead atoms. The molecule has 1 aromatic carbocycles. The molecule has 0 unspecified atom stereocenters. The lowest BCUT2D eigenvalue weighted by Gasteiger charge is -2.14. The van der Waals surface area contributed by atoms with Crippen molar-refractivity contribution < 1.29 is 4.52 Å². The highest BCUT2D eigenvalue weighted by Crippen LogP contribution is 2.34. The Hall–Kier alpha value is -2.79. The summed E-state index contributed by atoms with van der Waals surface area (Å²) >= 11 is 6.20. The topological polar surface area (TPSA) is 63.8 Å². The van der Waals surface area contributed by atoms with Crippen LogP contribution in [-0.4, -0.2) is 14.7 Å². The highest BCUT2D eigenvalue weighted by atomic mass is 35.5. The minimum atomic E-state index is -0.192. The smallest absolute Gasteiger partial charge is 0.258 e. The number of H-pyrrole nitrogens is 1. The van der Waals surface area contributed by atoms with Crippen LogP contribution in [0, 0.1) is 13.8 Å². The molecular formula is C18H14ClN3O2. The van der Waals surface area contributed by atoms with Gasteiger partial charge in [-0.1, -0.05) is 16.8 Å². The van der Waals surface area contributed by atoms with E-state index in [1.807, 2.05) is 48.1 Å². The van der Waals surface area contributed by atoms with E-state index in [9.17, 15) is 4.79 Å². The van der Waals surface area contributed by atoms with Gasteiger partial charge in [-0.25, -0.2) is 0 Å². The summed E-state index contributed by atoms with van der Waals surface area (Å²) in [6.45, 7) is 3.63. The van der Waals surface area contributed by atoms with Gasteiger partial charge in [-0.2, -0.15) is 0 Å². The molecule has 4 rings (SSSR count). The first-order chi connectivity index (χ1) is 11.6. The second-order valence-electron chi connectivity index (χ2n) is 5.66. The van der Waals surface area contributed by atoms with Gasteiger partial charge in [0.1, 0.15) is 5.76 Å². The number of aromatic amines is 1. The molecule has 0 radical (unpaired) electrons. The molecule has 0 atom stereocenters. The summed E-state index contributed by atoms with van der Waals surface area (Å²) in [5, 5.41) is 5.45. The number of benzene rings is 1. The molecule has 0 aliphatic rings. The number of pyridine rings is 1. The molecular weight excluding hydrogens is 326 g/mol. The largest absolute Gasteiger partial charge is 0.361 e. The Labute approximate surface area is 142 Å². The van der Waals surface area contributed by atoms with E-state index in [1.165, 1.54) is 0 Å². The summed E-state index contributed by atoms with van der Waals surface area (Å²) in [5.41, 5.74) is 3.20. The van der Waals surface area contributed by atoms with Crippen LogP contribution in [0.25, 0.3) is 27.7 Å². The van der Waals surface area contributed by atoms with Crippen LogP contribution in [0.15, 0.2) is 52.0 Å². The molecule has 5 nitrogen and oxygen atoms in total. The molecule has 0 saturated carbocycles. The summed E-state index contributed by atoms with van der Waals surface area (Å²) < 4.78 is 7.19. The predicted octanol–water partition coefficient (Wildman–Crippen LogP) is 4.24. The van der Waals surface area contributed by atoms with Crippen LogP contribution in [0.3, 0.4) is 0 Å². The zero-order valence-electron chi connectivity index (χ0n) is 13.1. The Morgan fingerprint density at radius 1 is 1.17 bits per heavy atom. The molecule has 24 heavy (non-hydrogen) atoms. The lowest BCUT2D eigenvalue weighted by molar-refractivity contribution is 0.393. The Kier molecular flexibility index (Phi) is 3.32. The molecule has 0 amide bonds. The first-order valence-electron chi connectivity index (χ1n) is 7.48. The third-order valence-electron chi connectivity index (χ3n) is 4.09. The number of nitrogens with zero attached hydrogens (tertiary/aromatic N) is 2. The summed E-state index contributed by atoms with van der Waals surface area (Å²) in [6, 6.07) is 9.24. The third kappa shape index (κ3) is 2.17. The van der Waals surface area contributed by atoms with Crippen molar-refractivity contribution in [3.63, 3.8) is 0 Å². The number of rotatable bonds is 2. The van der Waals surface area contributed by atoms with Crippen molar-refractivity contribution in [1.82, 2.24) is 14.7 Å². The highest BCUT2D eigenvalue weighted by molar-refractivity contribution is 6.31. The molecule has 0 aliphatic carbocycles. The first kappa shape index (κ1) is 14.8. The monoisotopic (exact) mass is 339 g/mol. The van der Waals surface area contributed by atoms with Gasteiger partial charge in [-0.3, -0.25) is 4.79 Å². The minimum Gasteiger partial charge on any atom is -0.361 e. The Bertz CT molecular complexity index is 1090. The number of nitrogens with one attached hydrogen (secondary N) is 1. The molecule has 0 aliphatic heterocycles. The van der Waals surface area contributed by atoms with Crippen LogP contribution in [-0.2, 0) is 0 Å². The summed E-state index contributed by atoms with van der Waals surface area (Å²) in [4.78, 5) is 15.8. The van der Waals surface area contributed by atoms with Crippen LogP contribution < -0.4 is 5.56 Å². The fourth-order valence-electron chi connectivity index (χ4n) is 3.07. The van der Waals surface area contributed by atoms with Crippen molar-refractivity contribution in [1.29, 1.82) is 0 Å². The van der Waals surface area contributed by atoms with Crippen LogP contribution in [0.2, 0.25) is 5.02 Å². The molecule has 0 spiro atoms. The van der Waals surface area contributed by atoms with Gasteiger partial charge in [0.05, 0.1) is 28.0 Å². The molecule has 0 saturated heterocycles. The van der Waals surface area contributed by atoms with Crippen molar-refractivity contribution >= 4 is 22.5 Å².